The Hall–Kier alpha value is -0.120. The highest BCUT2D eigenvalue weighted by Gasteiger charge is 2.33. The van der Waals surface area contributed by atoms with E-state index in [-0.39, 0.29) is 12.6 Å². The summed E-state index contributed by atoms with van der Waals surface area (Å²) < 4.78 is 0. The molecule has 1 heterocycles. The second-order valence-electron chi connectivity index (χ2n) is 6.10. The highest BCUT2D eigenvalue weighted by Crippen LogP contribution is 2.25. The molecule has 0 aromatic carbocycles. The van der Waals surface area contributed by atoms with Crippen LogP contribution < -0.4 is 0 Å². The van der Waals surface area contributed by atoms with Gasteiger partial charge in [-0.3, -0.25) is 9.80 Å². The van der Waals surface area contributed by atoms with E-state index >= 15 is 0 Å². The third kappa shape index (κ3) is 3.44. The molecule has 0 saturated carbocycles. The van der Waals surface area contributed by atoms with Crippen LogP contribution in [-0.2, 0) is 0 Å². The minimum Gasteiger partial charge on any atom is -0.395 e. The predicted molar refractivity (Wildman–Crippen MR) is 68.6 cm³/mol. The molecule has 0 spiro atoms. The van der Waals surface area contributed by atoms with E-state index in [1.807, 2.05) is 0 Å². The molecule has 0 aromatic heterocycles. The highest BCUT2D eigenvalue weighted by atomic mass is 16.3. The molecule has 3 nitrogen and oxygen atoms in total. The van der Waals surface area contributed by atoms with Gasteiger partial charge in [-0.1, -0.05) is 20.8 Å². The molecule has 2 unspecified atom stereocenters. The molecule has 0 aliphatic carbocycles. The van der Waals surface area contributed by atoms with Gasteiger partial charge in [-0.25, -0.2) is 0 Å². The van der Waals surface area contributed by atoms with Gasteiger partial charge in [0.25, 0.3) is 0 Å². The van der Waals surface area contributed by atoms with Crippen LogP contribution in [0.5, 0.6) is 0 Å². The molecule has 1 N–H and O–H groups in total. The third-order valence-corrected chi connectivity index (χ3v) is 3.80. The lowest BCUT2D eigenvalue weighted by atomic mass is 9.92. The minimum absolute atomic E-state index is 0.263. The fraction of sp³-hybridized carbons (Fsp3) is 1.00. The summed E-state index contributed by atoms with van der Waals surface area (Å²) in [5.74, 6) is 0. The molecule has 3 heteroatoms. The Labute approximate surface area is 100 Å². The van der Waals surface area contributed by atoms with Crippen molar-refractivity contribution in [2.24, 2.45) is 5.41 Å². The van der Waals surface area contributed by atoms with E-state index in [1.54, 1.807) is 0 Å². The first kappa shape index (κ1) is 13.9. The predicted octanol–water partition coefficient (Wildman–Crippen LogP) is 1.42. The first-order chi connectivity index (χ1) is 7.39. The maximum Gasteiger partial charge on any atom is 0.0599 e. The molecule has 1 aliphatic rings. The molecule has 96 valence electrons. The zero-order valence-corrected chi connectivity index (χ0v) is 11.5. The summed E-state index contributed by atoms with van der Waals surface area (Å²) in [5, 5.41) is 9.46. The van der Waals surface area contributed by atoms with Gasteiger partial charge in [-0.15, -0.1) is 0 Å². The van der Waals surface area contributed by atoms with Crippen molar-refractivity contribution in [2.75, 3.05) is 33.3 Å². The second-order valence-corrected chi connectivity index (χ2v) is 6.10. The molecule has 2 atom stereocenters. The number of aliphatic hydroxyl groups is 1. The van der Waals surface area contributed by atoms with Gasteiger partial charge in [0.2, 0.25) is 0 Å². The molecule has 16 heavy (non-hydrogen) atoms. The molecule has 1 fully saturated rings. The van der Waals surface area contributed by atoms with Crippen LogP contribution in [0, 0.1) is 5.41 Å². The van der Waals surface area contributed by atoms with Gasteiger partial charge < -0.3 is 5.11 Å². The van der Waals surface area contributed by atoms with Crippen LogP contribution in [0.3, 0.4) is 0 Å². The lowest BCUT2D eigenvalue weighted by Crippen LogP contribution is -2.44. The van der Waals surface area contributed by atoms with Crippen molar-refractivity contribution in [2.45, 2.75) is 46.2 Å². The Kier molecular flexibility index (Phi) is 4.77. The summed E-state index contributed by atoms with van der Waals surface area (Å²) in [4.78, 5) is 4.84. The molecule has 1 saturated heterocycles. The van der Waals surface area contributed by atoms with Crippen LogP contribution in [0.25, 0.3) is 0 Å². The third-order valence-electron chi connectivity index (χ3n) is 3.80. The van der Waals surface area contributed by atoms with Crippen LogP contribution in [0.1, 0.15) is 34.1 Å². The number of hydrogen-bond acceptors (Lipinski definition) is 3. The SMILES string of the molecule is CCC(C)N1CC(CO)N(C)CC(C)(C)C1. The minimum atomic E-state index is 0.263. The topological polar surface area (TPSA) is 26.7 Å². The maximum atomic E-state index is 9.46. The van der Waals surface area contributed by atoms with E-state index in [1.165, 1.54) is 6.42 Å². The normalized spacial score (nSPS) is 30.0. The lowest BCUT2D eigenvalue weighted by Gasteiger charge is -2.33. The fourth-order valence-corrected chi connectivity index (χ4v) is 2.67. The summed E-state index contributed by atoms with van der Waals surface area (Å²) >= 11 is 0. The largest absolute Gasteiger partial charge is 0.395 e. The van der Waals surface area contributed by atoms with Gasteiger partial charge in [-0.05, 0) is 25.8 Å². The number of likely N-dealkylation sites (N-methyl/N-ethyl adjacent to an activating group) is 1. The van der Waals surface area contributed by atoms with Crippen molar-refractivity contribution in [1.82, 2.24) is 9.80 Å². The van der Waals surface area contributed by atoms with Gasteiger partial charge in [0, 0.05) is 31.7 Å². The highest BCUT2D eigenvalue weighted by molar-refractivity contribution is 4.88. The maximum absolute atomic E-state index is 9.46. The molecule has 0 radical (unpaired) electrons. The average Bonchev–Trinajstić information content (AvgIpc) is 2.32. The van der Waals surface area contributed by atoms with E-state index < -0.39 is 0 Å². The van der Waals surface area contributed by atoms with Crippen molar-refractivity contribution >= 4 is 0 Å². The van der Waals surface area contributed by atoms with E-state index in [0.29, 0.717) is 11.5 Å². The van der Waals surface area contributed by atoms with Gasteiger partial charge in [-0.2, -0.15) is 0 Å². The van der Waals surface area contributed by atoms with Crippen molar-refractivity contribution in [3.8, 4) is 0 Å². The van der Waals surface area contributed by atoms with Crippen LogP contribution in [0.15, 0.2) is 0 Å². The fourth-order valence-electron chi connectivity index (χ4n) is 2.67. The van der Waals surface area contributed by atoms with Crippen molar-refractivity contribution in [1.29, 1.82) is 0 Å². The summed E-state index contributed by atoms with van der Waals surface area (Å²) in [6.45, 7) is 12.6. The quantitative estimate of drug-likeness (QED) is 0.791. The molecule has 1 rings (SSSR count). The monoisotopic (exact) mass is 228 g/mol. The number of rotatable bonds is 3. The van der Waals surface area contributed by atoms with Crippen molar-refractivity contribution < 1.29 is 5.11 Å². The first-order valence-electron chi connectivity index (χ1n) is 6.44. The smallest absolute Gasteiger partial charge is 0.0599 e. The molecule has 1 aliphatic heterocycles. The Morgan fingerprint density at radius 1 is 1.38 bits per heavy atom. The number of hydrogen-bond donors (Lipinski definition) is 1. The molecule has 0 amide bonds. The average molecular weight is 228 g/mol. The second kappa shape index (κ2) is 5.48. The zero-order valence-electron chi connectivity index (χ0n) is 11.5. The zero-order chi connectivity index (χ0) is 12.3. The Balaban J connectivity index is 2.79. The molecule has 0 bridgehead atoms. The molecular formula is C13H28N2O. The summed E-state index contributed by atoms with van der Waals surface area (Å²) in [5.41, 5.74) is 0.308. The summed E-state index contributed by atoms with van der Waals surface area (Å²) in [6.07, 6.45) is 1.18. The Morgan fingerprint density at radius 2 is 2.00 bits per heavy atom. The standard InChI is InChI=1S/C13H28N2O/c1-6-11(2)15-7-12(8-16)14(5)9-13(3,4)10-15/h11-12,16H,6-10H2,1-5H3. The number of aliphatic hydroxyl groups excluding tert-OH is 1. The van der Waals surface area contributed by atoms with Crippen LogP contribution >= 0.6 is 0 Å². The van der Waals surface area contributed by atoms with Crippen LogP contribution in [0.4, 0.5) is 0 Å². The Bertz CT molecular complexity index is 218. The van der Waals surface area contributed by atoms with Crippen LogP contribution in [-0.4, -0.2) is 60.3 Å². The van der Waals surface area contributed by atoms with Gasteiger partial charge >= 0.3 is 0 Å². The van der Waals surface area contributed by atoms with Gasteiger partial charge in [0.1, 0.15) is 0 Å². The van der Waals surface area contributed by atoms with E-state index in [4.69, 9.17) is 0 Å². The van der Waals surface area contributed by atoms with E-state index in [0.717, 1.165) is 19.6 Å². The number of nitrogens with zero attached hydrogens (tertiary/aromatic N) is 2. The van der Waals surface area contributed by atoms with Crippen molar-refractivity contribution in [3.63, 3.8) is 0 Å². The van der Waals surface area contributed by atoms with Crippen molar-refractivity contribution in [3.05, 3.63) is 0 Å². The van der Waals surface area contributed by atoms with Gasteiger partial charge in [0.15, 0.2) is 0 Å². The summed E-state index contributed by atoms with van der Waals surface area (Å²) in [6, 6.07) is 0.899. The Morgan fingerprint density at radius 3 is 2.50 bits per heavy atom. The van der Waals surface area contributed by atoms with Gasteiger partial charge in [0.05, 0.1) is 6.61 Å². The van der Waals surface area contributed by atoms with E-state index in [2.05, 4.69) is 44.5 Å². The molecule has 0 aromatic rings. The summed E-state index contributed by atoms with van der Waals surface area (Å²) in [7, 11) is 2.13. The molecular weight excluding hydrogens is 200 g/mol. The lowest BCUT2D eigenvalue weighted by molar-refractivity contribution is 0.116. The van der Waals surface area contributed by atoms with E-state index in [9.17, 15) is 5.11 Å². The first-order valence-corrected chi connectivity index (χ1v) is 6.44. The van der Waals surface area contributed by atoms with Crippen LogP contribution in [0.2, 0.25) is 0 Å².